The van der Waals surface area contributed by atoms with Gasteiger partial charge in [0.05, 0.1) is 6.61 Å². The van der Waals surface area contributed by atoms with Gasteiger partial charge in [0.1, 0.15) is 0 Å². The van der Waals surface area contributed by atoms with Crippen LogP contribution in [0.15, 0.2) is 0 Å². The molecule has 1 saturated heterocycles. The molecule has 2 unspecified atom stereocenters. The van der Waals surface area contributed by atoms with Crippen molar-refractivity contribution in [2.45, 2.75) is 26.6 Å². The molecule has 0 N–H and O–H groups in total. The van der Waals surface area contributed by atoms with Gasteiger partial charge >= 0.3 is 0 Å². The molecule has 0 saturated carbocycles. The summed E-state index contributed by atoms with van der Waals surface area (Å²) in [6, 6.07) is 0. The van der Waals surface area contributed by atoms with E-state index in [9.17, 15) is 0 Å². The van der Waals surface area contributed by atoms with Crippen LogP contribution in [0.2, 0.25) is 0 Å². The highest BCUT2D eigenvalue weighted by molar-refractivity contribution is 4.69. The maximum absolute atomic E-state index is 5.26. The van der Waals surface area contributed by atoms with Crippen LogP contribution >= 0.6 is 0 Å². The van der Waals surface area contributed by atoms with E-state index in [1.807, 2.05) is 6.92 Å². The van der Waals surface area contributed by atoms with Gasteiger partial charge in [0.2, 0.25) is 0 Å². The van der Waals surface area contributed by atoms with Crippen LogP contribution < -0.4 is 0 Å². The van der Waals surface area contributed by atoms with Crippen LogP contribution in [-0.2, 0) is 9.47 Å². The van der Waals surface area contributed by atoms with Gasteiger partial charge in [-0.15, -0.1) is 0 Å². The maximum atomic E-state index is 5.26. The minimum absolute atomic E-state index is 0.111. The van der Waals surface area contributed by atoms with Gasteiger partial charge in [-0.25, -0.2) is 0 Å². The molecule has 0 amide bonds. The number of hydrogen-bond acceptors (Lipinski definition) is 2. The summed E-state index contributed by atoms with van der Waals surface area (Å²) in [4.78, 5) is 0. The predicted molar refractivity (Wildman–Crippen MR) is 35.1 cm³/mol. The zero-order chi connectivity index (χ0) is 6.69. The quantitative estimate of drug-likeness (QED) is 0.575. The highest BCUT2D eigenvalue weighted by Gasteiger charge is 2.30. The molecule has 0 spiro atoms. The summed E-state index contributed by atoms with van der Waals surface area (Å²) in [5, 5.41) is 0. The van der Waals surface area contributed by atoms with Crippen molar-refractivity contribution in [3.05, 3.63) is 0 Å². The van der Waals surface area contributed by atoms with Gasteiger partial charge < -0.3 is 9.47 Å². The van der Waals surface area contributed by atoms with E-state index in [1.54, 1.807) is 0 Å². The second-order valence-electron chi connectivity index (χ2n) is 2.33. The minimum Gasteiger partial charge on any atom is -0.353 e. The first-order valence-electron chi connectivity index (χ1n) is 3.61. The molecule has 2 nitrogen and oxygen atoms in total. The Labute approximate surface area is 56.2 Å². The number of ether oxygens (including phenoxy) is 2. The molecule has 54 valence electrons. The molecule has 9 heavy (non-hydrogen) atoms. The van der Waals surface area contributed by atoms with E-state index in [1.165, 1.54) is 6.42 Å². The van der Waals surface area contributed by atoms with Crippen molar-refractivity contribution >= 4 is 0 Å². The maximum Gasteiger partial charge on any atom is 0.162 e. The Morgan fingerprint density at radius 2 is 2.33 bits per heavy atom. The molecule has 1 rings (SSSR count). The fourth-order valence-electron chi connectivity index (χ4n) is 0.970. The summed E-state index contributed by atoms with van der Waals surface area (Å²) >= 11 is 0. The van der Waals surface area contributed by atoms with E-state index in [2.05, 4.69) is 6.92 Å². The molecule has 0 aromatic rings. The monoisotopic (exact) mass is 130 g/mol. The molecule has 1 aliphatic heterocycles. The van der Waals surface area contributed by atoms with Crippen molar-refractivity contribution in [1.29, 1.82) is 0 Å². The standard InChI is InChI=1S/C7H14O2/c1-3-6-5-9-7(6)8-4-2/h6-7H,3-5H2,1-2H3. The summed E-state index contributed by atoms with van der Waals surface area (Å²) in [6.07, 6.45) is 1.28. The van der Waals surface area contributed by atoms with Crippen molar-refractivity contribution < 1.29 is 9.47 Å². The molecule has 1 fully saturated rings. The molecule has 0 aromatic carbocycles. The van der Waals surface area contributed by atoms with Crippen LogP contribution in [0.25, 0.3) is 0 Å². The van der Waals surface area contributed by atoms with E-state index < -0.39 is 0 Å². The highest BCUT2D eigenvalue weighted by atomic mass is 16.7. The van der Waals surface area contributed by atoms with E-state index >= 15 is 0 Å². The van der Waals surface area contributed by atoms with E-state index in [-0.39, 0.29) is 6.29 Å². The fraction of sp³-hybridized carbons (Fsp3) is 1.00. The van der Waals surface area contributed by atoms with E-state index in [0.29, 0.717) is 5.92 Å². The van der Waals surface area contributed by atoms with Gasteiger partial charge in [0.15, 0.2) is 6.29 Å². The van der Waals surface area contributed by atoms with Crippen LogP contribution in [0, 0.1) is 5.92 Å². The van der Waals surface area contributed by atoms with Gasteiger partial charge in [-0.3, -0.25) is 0 Å². The lowest BCUT2D eigenvalue weighted by molar-refractivity contribution is -0.257. The molecule has 2 heteroatoms. The average Bonchev–Trinajstić information content (AvgIpc) is 1.82. The lowest BCUT2D eigenvalue weighted by Crippen LogP contribution is -2.41. The van der Waals surface area contributed by atoms with Gasteiger partial charge in [-0.2, -0.15) is 0 Å². The summed E-state index contributed by atoms with van der Waals surface area (Å²) in [5.41, 5.74) is 0. The minimum atomic E-state index is 0.111. The second kappa shape index (κ2) is 3.18. The van der Waals surface area contributed by atoms with Gasteiger partial charge in [0, 0.05) is 12.5 Å². The zero-order valence-electron chi connectivity index (χ0n) is 6.09. The molecule has 2 atom stereocenters. The third-order valence-electron chi connectivity index (χ3n) is 1.71. The largest absolute Gasteiger partial charge is 0.353 e. The molecule has 0 aromatic heterocycles. The van der Waals surface area contributed by atoms with Crippen LogP contribution in [-0.4, -0.2) is 19.5 Å². The Kier molecular flexibility index (Phi) is 2.49. The smallest absolute Gasteiger partial charge is 0.162 e. The third kappa shape index (κ3) is 1.43. The Morgan fingerprint density at radius 1 is 1.56 bits per heavy atom. The topological polar surface area (TPSA) is 18.5 Å². The van der Waals surface area contributed by atoms with Crippen molar-refractivity contribution in [2.75, 3.05) is 13.2 Å². The summed E-state index contributed by atoms with van der Waals surface area (Å²) in [6.45, 7) is 5.82. The summed E-state index contributed by atoms with van der Waals surface area (Å²) in [7, 11) is 0. The Hall–Kier alpha value is -0.0800. The first-order valence-corrected chi connectivity index (χ1v) is 3.61. The van der Waals surface area contributed by atoms with Crippen LogP contribution in [0.4, 0.5) is 0 Å². The molecule has 0 aliphatic carbocycles. The van der Waals surface area contributed by atoms with Crippen LogP contribution in [0.3, 0.4) is 0 Å². The zero-order valence-corrected chi connectivity index (χ0v) is 6.09. The Morgan fingerprint density at radius 3 is 2.67 bits per heavy atom. The van der Waals surface area contributed by atoms with Crippen molar-refractivity contribution in [2.24, 2.45) is 5.92 Å². The first-order chi connectivity index (χ1) is 4.38. The molecular weight excluding hydrogens is 116 g/mol. The van der Waals surface area contributed by atoms with Crippen molar-refractivity contribution in [3.63, 3.8) is 0 Å². The van der Waals surface area contributed by atoms with Crippen molar-refractivity contribution in [1.82, 2.24) is 0 Å². The van der Waals surface area contributed by atoms with Crippen LogP contribution in [0.5, 0.6) is 0 Å². The predicted octanol–water partition coefficient (Wildman–Crippen LogP) is 1.41. The van der Waals surface area contributed by atoms with Gasteiger partial charge in [-0.1, -0.05) is 6.92 Å². The normalized spacial score (nSPS) is 34.0. The molecule has 1 aliphatic rings. The number of rotatable bonds is 3. The highest BCUT2D eigenvalue weighted by Crippen LogP contribution is 2.23. The third-order valence-corrected chi connectivity index (χ3v) is 1.71. The van der Waals surface area contributed by atoms with Crippen LogP contribution in [0.1, 0.15) is 20.3 Å². The Balaban J connectivity index is 2.11. The fourth-order valence-corrected chi connectivity index (χ4v) is 0.970. The molecular formula is C7H14O2. The lowest BCUT2D eigenvalue weighted by atomic mass is 10.0. The molecule has 0 bridgehead atoms. The SMILES string of the molecule is CCOC1OCC1CC. The van der Waals surface area contributed by atoms with E-state index in [0.717, 1.165) is 13.2 Å². The summed E-state index contributed by atoms with van der Waals surface area (Å²) in [5.74, 6) is 0.657. The Bertz CT molecular complexity index is 81.0. The van der Waals surface area contributed by atoms with Gasteiger partial charge in [0.25, 0.3) is 0 Å². The second-order valence-corrected chi connectivity index (χ2v) is 2.33. The molecule has 0 radical (unpaired) electrons. The number of hydrogen-bond donors (Lipinski definition) is 0. The molecule has 1 heterocycles. The lowest BCUT2D eigenvalue weighted by Gasteiger charge is -2.35. The van der Waals surface area contributed by atoms with E-state index in [4.69, 9.17) is 9.47 Å². The van der Waals surface area contributed by atoms with Crippen molar-refractivity contribution in [3.8, 4) is 0 Å². The first kappa shape index (κ1) is 7.03. The van der Waals surface area contributed by atoms with Gasteiger partial charge in [-0.05, 0) is 13.3 Å². The average molecular weight is 130 g/mol. The summed E-state index contributed by atoms with van der Waals surface area (Å²) < 4.78 is 10.4.